The Morgan fingerprint density at radius 1 is 1.47 bits per heavy atom. The molecule has 0 amide bonds. The van der Waals surface area contributed by atoms with E-state index < -0.39 is 11.9 Å². The van der Waals surface area contributed by atoms with E-state index in [0.29, 0.717) is 16.9 Å². The second-order valence-electron chi connectivity index (χ2n) is 2.80. The first-order valence-electron chi connectivity index (χ1n) is 4.08. The van der Waals surface area contributed by atoms with Gasteiger partial charge in [0.25, 0.3) is 0 Å². The van der Waals surface area contributed by atoms with Crippen molar-refractivity contribution in [3.63, 3.8) is 0 Å². The molecule has 0 fully saturated rings. The molecule has 0 spiro atoms. The molecule has 0 aliphatic rings. The number of benzene rings is 1. The maximum absolute atomic E-state index is 11.2. The summed E-state index contributed by atoms with van der Waals surface area (Å²) >= 11 is 11.5. The molecule has 0 bridgehead atoms. The molecule has 1 rings (SSSR count). The summed E-state index contributed by atoms with van der Waals surface area (Å²) < 4.78 is 4.48. The number of hydrogen-bond donors (Lipinski definition) is 0. The summed E-state index contributed by atoms with van der Waals surface area (Å²) in [4.78, 5) is 22.0. The monoisotopic (exact) mass is 246 g/mol. The quantitative estimate of drug-likeness (QED) is 0.468. The third kappa shape index (κ3) is 2.70. The van der Waals surface area contributed by atoms with Gasteiger partial charge in [0.1, 0.15) is 12.2 Å². The van der Waals surface area contributed by atoms with Gasteiger partial charge >= 0.3 is 5.97 Å². The Kier molecular flexibility index (Phi) is 4.12. The molecule has 0 saturated carbocycles. The Bertz CT molecular complexity index is 390. The van der Waals surface area contributed by atoms with Crippen LogP contribution >= 0.6 is 23.2 Å². The molecule has 0 heterocycles. The van der Waals surface area contributed by atoms with Gasteiger partial charge in [-0.25, -0.2) is 0 Å². The van der Waals surface area contributed by atoms with Crippen LogP contribution in [-0.2, 0) is 14.3 Å². The van der Waals surface area contributed by atoms with Crippen LogP contribution in [-0.4, -0.2) is 19.4 Å². The smallest absolute Gasteiger partial charge is 0.320 e. The maximum Gasteiger partial charge on any atom is 0.320 e. The highest BCUT2D eigenvalue weighted by Gasteiger charge is 2.22. The molecule has 15 heavy (non-hydrogen) atoms. The highest BCUT2D eigenvalue weighted by Crippen LogP contribution is 2.27. The van der Waals surface area contributed by atoms with Crippen LogP contribution in [0, 0.1) is 0 Å². The van der Waals surface area contributed by atoms with Gasteiger partial charge in [0, 0.05) is 10.0 Å². The second kappa shape index (κ2) is 5.14. The van der Waals surface area contributed by atoms with E-state index in [2.05, 4.69) is 4.74 Å². The number of aldehydes is 1. The lowest BCUT2D eigenvalue weighted by atomic mass is 10.0. The summed E-state index contributed by atoms with van der Waals surface area (Å²) in [5.74, 6) is -1.64. The minimum absolute atomic E-state index is 0.269. The summed E-state index contributed by atoms with van der Waals surface area (Å²) in [7, 11) is 1.21. The van der Waals surface area contributed by atoms with Gasteiger partial charge in [-0.05, 0) is 17.7 Å². The Hall–Kier alpha value is -1.06. The zero-order chi connectivity index (χ0) is 11.4. The zero-order valence-corrected chi connectivity index (χ0v) is 9.38. The minimum Gasteiger partial charge on any atom is -0.468 e. The molecule has 5 heteroatoms. The highest BCUT2D eigenvalue weighted by atomic mass is 35.5. The van der Waals surface area contributed by atoms with E-state index in [1.807, 2.05) is 0 Å². The van der Waals surface area contributed by atoms with E-state index in [0.717, 1.165) is 0 Å². The predicted molar refractivity (Wildman–Crippen MR) is 57.3 cm³/mol. The number of carbonyl (C=O) groups is 2. The molecule has 0 aliphatic carbocycles. The summed E-state index contributed by atoms with van der Waals surface area (Å²) in [5.41, 5.74) is 0.392. The van der Waals surface area contributed by atoms with E-state index in [1.54, 1.807) is 6.07 Å². The van der Waals surface area contributed by atoms with E-state index in [-0.39, 0.29) is 5.02 Å². The van der Waals surface area contributed by atoms with E-state index >= 15 is 0 Å². The van der Waals surface area contributed by atoms with Crippen LogP contribution in [0.2, 0.25) is 10.0 Å². The van der Waals surface area contributed by atoms with Crippen LogP contribution in [0.25, 0.3) is 0 Å². The average molecular weight is 247 g/mol. The number of rotatable bonds is 3. The lowest BCUT2D eigenvalue weighted by Gasteiger charge is -2.10. The van der Waals surface area contributed by atoms with Crippen molar-refractivity contribution in [1.29, 1.82) is 0 Å². The van der Waals surface area contributed by atoms with Crippen molar-refractivity contribution >= 4 is 35.5 Å². The van der Waals surface area contributed by atoms with Gasteiger partial charge in [0.15, 0.2) is 0 Å². The highest BCUT2D eigenvalue weighted by molar-refractivity contribution is 6.35. The lowest BCUT2D eigenvalue weighted by molar-refractivity contribution is -0.143. The molecule has 0 aromatic heterocycles. The van der Waals surface area contributed by atoms with Gasteiger partial charge in [-0.2, -0.15) is 0 Å². The molecule has 1 aromatic rings. The Labute approximate surface area is 96.9 Å². The van der Waals surface area contributed by atoms with Gasteiger partial charge in [0.05, 0.1) is 7.11 Å². The third-order valence-corrected chi connectivity index (χ3v) is 2.45. The minimum atomic E-state index is -1.00. The number of esters is 1. The van der Waals surface area contributed by atoms with Crippen LogP contribution in [0.5, 0.6) is 0 Å². The van der Waals surface area contributed by atoms with E-state index in [4.69, 9.17) is 23.2 Å². The molecule has 0 saturated heterocycles. The molecule has 0 N–H and O–H groups in total. The van der Waals surface area contributed by atoms with Crippen LogP contribution in [0.3, 0.4) is 0 Å². The topological polar surface area (TPSA) is 43.4 Å². The van der Waals surface area contributed by atoms with Gasteiger partial charge in [0.2, 0.25) is 0 Å². The number of halogens is 2. The van der Waals surface area contributed by atoms with Gasteiger partial charge < -0.3 is 9.53 Å². The summed E-state index contributed by atoms with van der Waals surface area (Å²) in [6, 6.07) is 4.56. The fourth-order valence-electron chi connectivity index (χ4n) is 1.14. The SMILES string of the molecule is COC(=O)C(C=O)c1ccc(Cl)cc1Cl. The lowest BCUT2D eigenvalue weighted by Crippen LogP contribution is -2.15. The summed E-state index contributed by atoms with van der Waals surface area (Å²) in [5, 5.41) is 0.711. The predicted octanol–water partition coefficient (Wildman–Crippen LogP) is 2.45. The van der Waals surface area contributed by atoms with Crippen molar-refractivity contribution in [3.05, 3.63) is 33.8 Å². The normalized spacial score (nSPS) is 11.9. The second-order valence-corrected chi connectivity index (χ2v) is 3.65. The first-order valence-corrected chi connectivity index (χ1v) is 4.83. The molecular weight excluding hydrogens is 239 g/mol. The van der Waals surface area contributed by atoms with Crippen molar-refractivity contribution in [1.82, 2.24) is 0 Å². The molecule has 0 aliphatic heterocycles. The van der Waals surface area contributed by atoms with Crippen molar-refractivity contribution in [3.8, 4) is 0 Å². The van der Waals surface area contributed by atoms with E-state index in [1.165, 1.54) is 19.2 Å². The number of hydrogen-bond acceptors (Lipinski definition) is 3. The summed E-state index contributed by atoms with van der Waals surface area (Å²) in [6.45, 7) is 0. The standard InChI is InChI=1S/C10H8Cl2O3/c1-15-10(14)8(5-13)7-3-2-6(11)4-9(7)12/h2-5,8H,1H3. The van der Waals surface area contributed by atoms with Crippen molar-refractivity contribution in [2.24, 2.45) is 0 Å². The fraction of sp³-hybridized carbons (Fsp3) is 0.200. The van der Waals surface area contributed by atoms with Crippen LogP contribution in [0.1, 0.15) is 11.5 Å². The Balaban J connectivity index is 3.12. The molecule has 1 unspecified atom stereocenters. The molecule has 3 nitrogen and oxygen atoms in total. The molecular formula is C10H8Cl2O3. The van der Waals surface area contributed by atoms with Crippen LogP contribution < -0.4 is 0 Å². The van der Waals surface area contributed by atoms with Gasteiger partial charge in [-0.1, -0.05) is 29.3 Å². The van der Waals surface area contributed by atoms with Crippen molar-refractivity contribution in [2.45, 2.75) is 5.92 Å². The fourth-order valence-corrected chi connectivity index (χ4v) is 1.66. The van der Waals surface area contributed by atoms with Crippen molar-refractivity contribution in [2.75, 3.05) is 7.11 Å². The van der Waals surface area contributed by atoms with Crippen molar-refractivity contribution < 1.29 is 14.3 Å². The first kappa shape index (κ1) is 12.0. The summed E-state index contributed by atoms with van der Waals surface area (Å²) in [6.07, 6.45) is 0.487. The molecule has 1 atom stereocenters. The Morgan fingerprint density at radius 2 is 2.13 bits per heavy atom. The number of ether oxygens (including phenoxy) is 1. The van der Waals surface area contributed by atoms with Crippen LogP contribution in [0.15, 0.2) is 18.2 Å². The largest absolute Gasteiger partial charge is 0.468 e. The maximum atomic E-state index is 11.2. The first-order chi connectivity index (χ1) is 7.10. The zero-order valence-electron chi connectivity index (χ0n) is 7.87. The average Bonchev–Trinajstić information content (AvgIpc) is 2.21. The number of methoxy groups -OCH3 is 1. The van der Waals surface area contributed by atoms with Gasteiger partial charge in [-0.3, -0.25) is 4.79 Å². The van der Waals surface area contributed by atoms with Gasteiger partial charge in [-0.15, -0.1) is 0 Å². The number of carbonyl (C=O) groups excluding carboxylic acids is 2. The van der Waals surface area contributed by atoms with E-state index in [9.17, 15) is 9.59 Å². The van der Waals surface area contributed by atoms with Crippen LogP contribution in [0.4, 0.5) is 0 Å². The third-order valence-electron chi connectivity index (χ3n) is 1.89. The molecule has 1 aromatic carbocycles. The molecule has 80 valence electrons. The molecule has 0 radical (unpaired) electrons. The Morgan fingerprint density at radius 3 is 2.60 bits per heavy atom.